The van der Waals surface area contributed by atoms with Gasteiger partial charge >= 0.3 is 0 Å². The van der Waals surface area contributed by atoms with Crippen molar-refractivity contribution in [2.45, 2.75) is 0 Å². The molecule has 0 N–H and O–H groups in total. The van der Waals surface area contributed by atoms with E-state index < -0.39 is 0 Å². The van der Waals surface area contributed by atoms with Crippen LogP contribution in [-0.4, -0.2) is 0 Å². The molecule has 0 fully saturated rings. The summed E-state index contributed by atoms with van der Waals surface area (Å²) in [6.07, 6.45) is 4.32. The van der Waals surface area contributed by atoms with Crippen LogP contribution < -0.4 is 4.90 Å². The van der Waals surface area contributed by atoms with E-state index in [-0.39, 0.29) is 0 Å². The number of benzene rings is 5. The molecule has 0 saturated carbocycles. The number of rotatable bonds is 6. The lowest BCUT2D eigenvalue weighted by Crippen LogP contribution is -2.10. The molecular weight excluding hydrogens is 398 g/mol. The molecule has 5 rings (SSSR count). The molecule has 5 aromatic rings. The predicted octanol–water partition coefficient (Wildman–Crippen LogP) is 8.99. The summed E-state index contributed by atoms with van der Waals surface area (Å²) in [5.41, 5.74) is 8.16. The minimum Gasteiger partial charge on any atom is -0.310 e. The zero-order valence-corrected chi connectivity index (χ0v) is 18.4. The zero-order valence-electron chi connectivity index (χ0n) is 18.4. The quantitative estimate of drug-likeness (QED) is 0.246. The van der Waals surface area contributed by atoms with Gasteiger partial charge in [0.2, 0.25) is 0 Å². The van der Waals surface area contributed by atoms with Crippen molar-refractivity contribution in [3.8, 4) is 11.1 Å². The van der Waals surface area contributed by atoms with Gasteiger partial charge in [0.1, 0.15) is 0 Å². The number of para-hydroxylation sites is 1. The van der Waals surface area contributed by atoms with Crippen molar-refractivity contribution in [3.05, 3.63) is 151 Å². The average molecular weight is 424 g/mol. The lowest BCUT2D eigenvalue weighted by molar-refractivity contribution is 1.28. The van der Waals surface area contributed by atoms with E-state index in [1.807, 2.05) is 6.07 Å². The molecule has 0 aromatic heterocycles. The molecule has 158 valence electrons. The van der Waals surface area contributed by atoms with Crippen LogP contribution in [0.3, 0.4) is 0 Å². The molecule has 0 aliphatic heterocycles. The first-order chi connectivity index (χ1) is 16.4. The monoisotopic (exact) mass is 423 g/mol. The van der Waals surface area contributed by atoms with Crippen molar-refractivity contribution >= 4 is 29.2 Å². The smallest absolute Gasteiger partial charge is 0.0467 e. The van der Waals surface area contributed by atoms with Gasteiger partial charge in [0, 0.05) is 17.1 Å². The Morgan fingerprint density at radius 3 is 1.58 bits per heavy atom. The Labute approximate surface area is 195 Å². The Bertz CT molecular complexity index is 1340. The first kappa shape index (κ1) is 20.5. The molecule has 5 aromatic carbocycles. The third-order valence-electron chi connectivity index (χ3n) is 5.62. The zero-order chi connectivity index (χ0) is 22.3. The molecule has 0 radical (unpaired) electrons. The van der Waals surface area contributed by atoms with Crippen LogP contribution in [0.15, 0.2) is 140 Å². The molecule has 0 unspecified atom stereocenters. The van der Waals surface area contributed by atoms with Gasteiger partial charge in [-0.15, -0.1) is 0 Å². The van der Waals surface area contributed by atoms with Crippen LogP contribution >= 0.6 is 0 Å². The van der Waals surface area contributed by atoms with Gasteiger partial charge in [-0.1, -0.05) is 115 Å². The molecule has 0 aliphatic rings. The van der Waals surface area contributed by atoms with Crippen molar-refractivity contribution in [3.63, 3.8) is 0 Å². The summed E-state index contributed by atoms with van der Waals surface area (Å²) in [6, 6.07) is 48.9. The maximum atomic E-state index is 2.31. The molecule has 0 amide bonds. The highest BCUT2D eigenvalue weighted by molar-refractivity contribution is 5.81. The van der Waals surface area contributed by atoms with Crippen molar-refractivity contribution in [1.82, 2.24) is 0 Å². The highest BCUT2D eigenvalue weighted by Gasteiger charge is 2.13. The maximum Gasteiger partial charge on any atom is 0.0467 e. The largest absolute Gasteiger partial charge is 0.310 e. The third-order valence-corrected chi connectivity index (χ3v) is 5.62. The van der Waals surface area contributed by atoms with Crippen LogP contribution in [0.1, 0.15) is 11.1 Å². The Hall–Kier alpha value is -4.36. The van der Waals surface area contributed by atoms with Crippen LogP contribution in [0.25, 0.3) is 23.3 Å². The molecule has 0 spiro atoms. The standard InChI is InChI=1S/C32H25N/c1-4-12-26(13-5-1)22-23-27-14-10-20-31(24-27)33(30-18-8-3-9-19-30)32-21-11-17-29(25-32)28-15-6-2-7-16-28/h1-25H. The molecule has 0 saturated heterocycles. The van der Waals surface area contributed by atoms with Gasteiger partial charge in [-0.05, 0) is 58.7 Å². The minimum absolute atomic E-state index is 1.13. The van der Waals surface area contributed by atoms with Crippen LogP contribution in [0, 0.1) is 0 Å². The van der Waals surface area contributed by atoms with Crippen molar-refractivity contribution in [1.29, 1.82) is 0 Å². The Morgan fingerprint density at radius 2 is 0.848 bits per heavy atom. The predicted molar refractivity (Wildman–Crippen MR) is 142 cm³/mol. The highest BCUT2D eigenvalue weighted by Crippen LogP contribution is 2.36. The lowest BCUT2D eigenvalue weighted by atomic mass is 10.0. The van der Waals surface area contributed by atoms with Crippen LogP contribution in [-0.2, 0) is 0 Å². The molecule has 1 nitrogen and oxygen atoms in total. The summed E-state index contributed by atoms with van der Waals surface area (Å²) in [5, 5.41) is 0. The van der Waals surface area contributed by atoms with E-state index in [0.717, 1.165) is 22.6 Å². The first-order valence-corrected chi connectivity index (χ1v) is 11.2. The van der Waals surface area contributed by atoms with E-state index in [0.29, 0.717) is 0 Å². The average Bonchev–Trinajstić information content (AvgIpc) is 2.90. The van der Waals surface area contributed by atoms with Crippen LogP contribution in [0.5, 0.6) is 0 Å². The normalized spacial score (nSPS) is 10.9. The van der Waals surface area contributed by atoms with Gasteiger partial charge in [-0.25, -0.2) is 0 Å². The molecule has 0 heterocycles. The molecule has 0 aliphatic carbocycles. The summed E-state index contributed by atoms with van der Waals surface area (Å²) >= 11 is 0. The van der Waals surface area contributed by atoms with Crippen LogP contribution in [0.2, 0.25) is 0 Å². The van der Waals surface area contributed by atoms with E-state index in [2.05, 4.69) is 151 Å². The van der Waals surface area contributed by atoms with E-state index in [4.69, 9.17) is 0 Å². The fraction of sp³-hybridized carbons (Fsp3) is 0. The summed E-state index contributed by atoms with van der Waals surface area (Å²) in [4.78, 5) is 2.31. The topological polar surface area (TPSA) is 3.24 Å². The molecule has 33 heavy (non-hydrogen) atoms. The fourth-order valence-corrected chi connectivity index (χ4v) is 4.00. The highest BCUT2D eigenvalue weighted by atomic mass is 15.1. The maximum absolute atomic E-state index is 2.31. The molecule has 0 bridgehead atoms. The van der Waals surface area contributed by atoms with Gasteiger partial charge < -0.3 is 4.90 Å². The number of nitrogens with zero attached hydrogens (tertiary/aromatic N) is 1. The van der Waals surface area contributed by atoms with Crippen molar-refractivity contribution < 1.29 is 0 Å². The van der Waals surface area contributed by atoms with Gasteiger partial charge in [0.05, 0.1) is 0 Å². The number of anilines is 3. The number of hydrogen-bond donors (Lipinski definition) is 0. The third kappa shape index (κ3) is 4.94. The Morgan fingerprint density at radius 1 is 0.364 bits per heavy atom. The van der Waals surface area contributed by atoms with E-state index >= 15 is 0 Å². The molecule has 0 atom stereocenters. The summed E-state index contributed by atoms with van der Waals surface area (Å²) < 4.78 is 0. The Balaban J connectivity index is 1.56. The lowest BCUT2D eigenvalue weighted by Gasteiger charge is -2.26. The summed E-state index contributed by atoms with van der Waals surface area (Å²) in [7, 11) is 0. The van der Waals surface area contributed by atoms with E-state index in [1.165, 1.54) is 16.7 Å². The number of hydrogen-bond acceptors (Lipinski definition) is 1. The SMILES string of the molecule is C(=Cc1cccc(N(c2ccccc2)c2cccc(-c3ccccc3)c2)c1)c1ccccc1. The van der Waals surface area contributed by atoms with Crippen molar-refractivity contribution in [2.24, 2.45) is 0 Å². The summed E-state index contributed by atoms with van der Waals surface area (Å²) in [6.45, 7) is 0. The van der Waals surface area contributed by atoms with Gasteiger partial charge in [0.25, 0.3) is 0 Å². The van der Waals surface area contributed by atoms with E-state index in [9.17, 15) is 0 Å². The molecular formula is C32H25N. The van der Waals surface area contributed by atoms with Crippen LogP contribution in [0.4, 0.5) is 17.1 Å². The van der Waals surface area contributed by atoms with Gasteiger partial charge in [-0.3, -0.25) is 0 Å². The summed E-state index contributed by atoms with van der Waals surface area (Å²) in [5.74, 6) is 0. The van der Waals surface area contributed by atoms with E-state index in [1.54, 1.807) is 0 Å². The second kappa shape index (κ2) is 9.84. The van der Waals surface area contributed by atoms with Gasteiger partial charge in [0.15, 0.2) is 0 Å². The van der Waals surface area contributed by atoms with Crippen molar-refractivity contribution in [2.75, 3.05) is 4.90 Å². The second-order valence-electron chi connectivity index (χ2n) is 7.93. The van der Waals surface area contributed by atoms with Gasteiger partial charge in [-0.2, -0.15) is 0 Å². The first-order valence-electron chi connectivity index (χ1n) is 11.2. The minimum atomic E-state index is 1.13. The fourth-order valence-electron chi connectivity index (χ4n) is 4.00. The molecule has 1 heteroatoms. The Kier molecular flexibility index (Phi) is 6.13. The second-order valence-corrected chi connectivity index (χ2v) is 7.93.